The molecule has 0 fully saturated rings. The van der Waals surface area contributed by atoms with Gasteiger partial charge in [-0.25, -0.2) is 0 Å². The maximum Gasteiger partial charge on any atom is 0.122 e. The largest absolute Gasteiger partial charge is 0.496 e. The fourth-order valence-corrected chi connectivity index (χ4v) is 2.15. The summed E-state index contributed by atoms with van der Waals surface area (Å²) in [5.41, 5.74) is 3.78. The van der Waals surface area contributed by atoms with E-state index >= 15 is 0 Å². The highest BCUT2D eigenvalue weighted by Crippen LogP contribution is 2.25. The lowest BCUT2D eigenvalue weighted by atomic mass is 10.0. The molecule has 2 heteroatoms. The van der Waals surface area contributed by atoms with Gasteiger partial charge in [-0.2, -0.15) is 0 Å². The summed E-state index contributed by atoms with van der Waals surface area (Å²) < 4.78 is 5.40. The van der Waals surface area contributed by atoms with Crippen LogP contribution >= 0.6 is 0 Å². The molecule has 18 heavy (non-hydrogen) atoms. The lowest BCUT2D eigenvalue weighted by Crippen LogP contribution is -2.11. The maximum atomic E-state index is 5.40. The standard InChI is InChI=1S/C16H19NO/c1-17(2)15-10-6-4-8-13(15)12-14-9-5-7-11-16(14)18-3/h4-11H,12H2,1-3H3. The third-order valence-corrected chi connectivity index (χ3v) is 3.05. The first-order valence-electron chi connectivity index (χ1n) is 6.09. The number of ether oxygens (including phenoxy) is 1. The van der Waals surface area contributed by atoms with Crippen LogP contribution in [0.15, 0.2) is 48.5 Å². The molecule has 0 saturated carbocycles. The normalized spacial score (nSPS) is 10.2. The second kappa shape index (κ2) is 5.58. The van der Waals surface area contributed by atoms with Gasteiger partial charge < -0.3 is 9.64 Å². The van der Waals surface area contributed by atoms with Crippen LogP contribution in [0.5, 0.6) is 5.75 Å². The van der Waals surface area contributed by atoms with E-state index in [1.54, 1.807) is 7.11 Å². The number of hydrogen-bond donors (Lipinski definition) is 0. The zero-order valence-electron chi connectivity index (χ0n) is 11.2. The zero-order chi connectivity index (χ0) is 13.0. The molecule has 0 amide bonds. The summed E-state index contributed by atoms with van der Waals surface area (Å²) in [7, 11) is 5.86. The molecule has 0 heterocycles. The molecule has 0 aliphatic carbocycles. The summed E-state index contributed by atoms with van der Waals surface area (Å²) in [6.07, 6.45) is 0.887. The van der Waals surface area contributed by atoms with Gasteiger partial charge in [0.25, 0.3) is 0 Å². The van der Waals surface area contributed by atoms with Crippen molar-refractivity contribution < 1.29 is 4.74 Å². The number of methoxy groups -OCH3 is 1. The van der Waals surface area contributed by atoms with Crippen LogP contribution in [0.1, 0.15) is 11.1 Å². The summed E-state index contributed by atoms with van der Waals surface area (Å²) >= 11 is 0. The van der Waals surface area contributed by atoms with Gasteiger partial charge in [-0.3, -0.25) is 0 Å². The molecule has 0 aromatic heterocycles. The molecule has 0 bridgehead atoms. The van der Waals surface area contributed by atoms with Gasteiger partial charge >= 0.3 is 0 Å². The lowest BCUT2D eigenvalue weighted by Gasteiger charge is -2.18. The van der Waals surface area contributed by atoms with E-state index in [9.17, 15) is 0 Å². The first-order valence-corrected chi connectivity index (χ1v) is 6.09. The van der Waals surface area contributed by atoms with Gasteiger partial charge in [0.2, 0.25) is 0 Å². The van der Waals surface area contributed by atoms with Crippen LogP contribution in [0.4, 0.5) is 5.69 Å². The van der Waals surface area contributed by atoms with Crippen molar-refractivity contribution in [2.24, 2.45) is 0 Å². The first kappa shape index (κ1) is 12.5. The third-order valence-electron chi connectivity index (χ3n) is 3.05. The summed E-state index contributed by atoms with van der Waals surface area (Å²) in [6.45, 7) is 0. The lowest BCUT2D eigenvalue weighted by molar-refractivity contribution is 0.410. The molecule has 0 N–H and O–H groups in total. The van der Waals surface area contributed by atoms with Crippen molar-refractivity contribution >= 4 is 5.69 Å². The average molecular weight is 241 g/mol. The Bertz CT molecular complexity index is 520. The first-order chi connectivity index (χ1) is 8.72. The highest BCUT2D eigenvalue weighted by atomic mass is 16.5. The van der Waals surface area contributed by atoms with Crippen LogP contribution in [-0.2, 0) is 6.42 Å². The minimum absolute atomic E-state index is 0.887. The predicted octanol–water partition coefficient (Wildman–Crippen LogP) is 3.35. The van der Waals surface area contributed by atoms with Gasteiger partial charge in [-0.05, 0) is 23.3 Å². The molecule has 0 unspecified atom stereocenters. The summed E-state index contributed by atoms with van der Waals surface area (Å²) in [6, 6.07) is 16.6. The van der Waals surface area contributed by atoms with Crippen molar-refractivity contribution in [1.29, 1.82) is 0 Å². The van der Waals surface area contributed by atoms with Crippen molar-refractivity contribution in [3.05, 3.63) is 59.7 Å². The van der Waals surface area contributed by atoms with Crippen LogP contribution in [0.3, 0.4) is 0 Å². The summed E-state index contributed by atoms with van der Waals surface area (Å²) in [5, 5.41) is 0. The molecule has 2 nitrogen and oxygen atoms in total. The molecule has 2 rings (SSSR count). The highest BCUT2D eigenvalue weighted by Gasteiger charge is 2.07. The van der Waals surface area contributed by atoms with E-state index in [1.807, 2.05) is 12.1 Å². The van der Waals surface area contributed by atoms with Gasteiger partial charge in [0.1, 0.15) is 5.75 Å². The Balaban J connectivity index is 2.34. The van der Waals surface area contributed by atoms with Crippen molar-refractivity contribution in [3.8, 4) is 5.75 Å². The van der Waals surface area contributed by atoms with Gasteiger partial charge in [0, 0.05) is 26.2 Å². The predicted molar refractivity (Wildman–Crippen MR) is 76.6 cm³/mol. The maximum absolute atomic E-state index is 5.40. The van der Waals surface area contributed by atoms with E-state index in [4.69, 9.17) is 4.74 Å². The van der Waals surface area contributed by atoms with Crippen molar-refractivity contribution in [3.63, 3.8) is 0 Å². The molecule has 2 aromatic carbocycles. The summed E-state index contributed by atoms with van der Waals surface area (Å²) in [4.78, 5) is 2.14. The SMILES string of the molecule is COc1ccccc1Cc1ccccc1N(C)C. The number of benzene rings is 2. The topological polar surface area (TPSA) is 12.5 Å². The number of hydrogen-bond acceptors (Lipinski definition) is 2. The van der Waals surface area contributed by atoms with Crippen LogP contribution in [-0.4, -0.2) is 21.2 Å². The minimum atomic E-state index is 0.887. The van der Waals surface area contributed by atoms with Crippen molar-refractivity contribution in [2.45, 2.75) is 6.42 Å². The fourth-order valence-electron chi connectivity index (χ4n) is 2.15. The molecule has 0 spiro atoms. The van der Waals surface area contributed by atoms with Crippen LogP contribution in [0, 0.1) is 0 Å². The van der Waals surface area contributed by atoms with E-state index in [2.05, 4.69) is 55.4 Å². The van der Waals surface area contributed by atoms with Crippen LogP contribution in [0.2, 0.25) is 0 Å². The number of rotatable bonds is 4. The Morgan fingerprint density at radius 2 is 1.50 bits per heavy atom. The second-order valence-electron chi connectivity index (χ2n) is 4.51. The quantitative estimate of drug-likeness (QED) is 0.814. The molecule has 94 valence electrons. The third kappa shape index (κ3) is 2.65. The van der Waals surface area contributed by atoms with Gasteiger partial charge in [-0.15, -0.1) is 0 Å². The molecule has 0 radical (unpaired) electrons. The van der Waals surface area contributed by atoms with E-state index in [0.717, 1.165) is 12.2 Å². The van der Waals surface area contributed by atoms with E-state index in [0.29, 0.717) is 0 Å². The molecule has 0 aliphatic rings. The minimum Gasteiger partial charge on any atom is -0.496 e. The number of anilines is 1. The van der Waals surface area contributed by atoms with Crippen molar-refractivity contribution in [1.82, 2.24) is 0 Å². The average Bonchev–Trinajstić information content (AvgIpc) is 2.40. The van der Waals surface area contributed by atoms with E-state index in [1.165, 1.54) is 16.8 Å². The Kier molecular flexibility index (Phi) is 3.88. The number of nitrogens with zero attached hydrogens (tertiary/aromatic N) is 1. The second-order valence-corrected chi connectivity index (χ2v) is 4.51. The molecule has 0 atom stereocenters. The zero-order valence-corrected chi connectivity index (χ0v) is 11.2. The van der Waals surface area contributed by atoms with Gasteiger partial charge in [0.05, 0.1) is 7.11 Å². The van der Waals surface area contributed by atoms with Gasteiger partial charge in [-0.1, -0.05) is 36.4 Å². The monoisotopic (exact) mass is 241 g/mol. The molecule has 0 saturated heterocycles. The molecular weight excluding hydrogens is 222 g/mol. The summed E-state index contributed by atoms with van der Waals surface area (Å²) in [5.74, 6) is 0.950. The van der Waals surface area contributed by atoms with Crippen LogP contribution < -0.4 is 9.64 Å². The molecule has 2 aromatic rings. The Hall–Kier alpha value is -1.96. The van der Waals surface area contributed by atoms with E-state index in [-0.39, 0.29) is 0 Å². The fraction of sp³-hybridized carbons (Fsp3) is 0.250. The van der Waals surface area contributed by atoms with Crippen LogP contribution in [0.25, 0.3) is 0 Å². The Labute approximate surface area is 109 Å². The van der Waals surface area contributed by atoms with E-state index < -0.39 is 0 Å². The number of para-hydroxylation sites is 2. The Morgan fingerprint density at radius 3 is 2.17 bits per heavy atom. The highest BCUT2D eigenvalue weighted by molar-refractivity contribution is 5.55. The Morgan fingerprint density at radius 1 is 0.889 bits per heavy atom. The molecular formula is C16H19NO. The smallest absolute Gasteiger partial charge is 0.122 e. The van der Waals surface area contributed by atoms with Crippen molar-refractivity contribution in [2.75, 3.05) is 26.1 Å². The van der Waals surface area contributed by atoms with Gasteiger partial charge in [0.15, 0.2) is 0 Å². The molecule has 0 aliphatic heterocycles.